The molecule has 0 saturated carbocycles. The number of hydrogen-bond acceptors (Lipinski definition) is 6. The van der Waals surface area contributed by atoms with Crippen LogP contribution in [-0.2, 0) is 6.61 Å². The minimum Gasteiger partial charge on any atom is -0.504 e. The Morgan fingerprint density at radius 1 is 1.07 bits per heavy atom. The zero-order valence-corrected chi connectivity index (χ0v) is 16.3. The minimum atomic E-state index is -0.363. The quantitative estimate of drug-likeness (QED) is 0.458. The van der Waals surface area contributed by atoms with Crippen molar-refractivity contribution in [3.8, 4) is 28.7 Å². The highest BCUT2D eigenvalue weighted by molar-refractivity contribution is 6.09. The number of ether oxygens (including phenoxy) is 4. The summed E-state index contributed by atoms with van der Waals surface area (Å²) in [5.74, 6) is 1.16. The van der Waals surface area contributed by atoms with Gasteiger partial charge in [-0.3, -0.25) is 4.79 Å². The Morgan fingerprint density at radius 3 is 2.67 bits per heavy atom. The van der Waals surface area contributed by atoms with Gasteiger partial charge in [0.2, 0.25) is 12.5 Å². The number of phenolic OH excluding ortho intramolecular Hbond substituents is 1. The van der Waals surface area contributed by atoms with E-state index in [2.05, 4.69) is 0 Å². The SMILES string of the molecule is COc1c(OCc2ccccc2)ccc(C(=O)/C=C/c2ccc3c(c2)OCO3)c1O. The predicted molar refractivity (Wildman–Crippen MR) is 111 cm³/mol. The van der Waals surface area contributed by atoms with Gasteiger partial charge in [-0.2, -0.15) is 0 Å². The Kier molecular flexibility index (Phi) is 5.57. The topological polar surface area (TPSA) is 74.2 Å². The molecule has 4 rings (SSSR count). The first-order valence-electron chi connectivity index (χ1n) is 9.34. The highest BCUT2D eigenvalue weighted by atomic mass is 16.7. The van der Waals surface area contributed by atoms with Crippen molar-refractivity contribution in [1.29, 1.82) is 0 Å². The fraction of sp³-hybridized carbons (Fsp3) is 0.125. The Labute approximate surface area is 173 Å². The number of ketones is 1. The lowest BCUT2D eigenvalue weighted by Crippen LogP contribution is -2.01. The van der Waals surface area contributed by atoms with Gasteiger partial charge in [-0.25, -0.2) is 0 Å². The van der Waals surface area contributed by atoms with Crippen LogP contribution in [0.5, 0.6) is 28.7 Å². The third-order valence-corrected chi connectivity index (χ3v) is 4.63. The number of hydrogen-bond donors (Lipinski definition) is 1. The Bertz CT molecular complexity index is 1090. The first-order chi connectivity index (χ1) is 14.7. The molecular weight excluding hydrogens is 384 g/mol. The number of rotatable bonds is 7. The van der Waals surface area contributed by atoms with Crippen LogP contribution in [0, 0.1) is 0 Å². The minimum absolute atomic E-state index is 0.119. The molecule has 0 aromatic heterocycles. The molecule has 6 heteroatoms. The van der Waals surface area contributed by atoms with E-state index < -0.39 is 0 Å². The van der Waals surface area contributed by atoms with E-state index in [1.807, 2.05) is 36.4 Å². The lowest BCUT2D eigenvalue weighted by molar-refractivity contribution is 0.104. The maximum Gasteiger partial charge on any atom is 0.231 e. The first-order valence-corrected chi connectivity index (χ1v) is 9.34. The molecule has 30 heavy (non-hydrogen) atoms. The highest BCUT2D eigenvalue weighted by Gasteiger charge is 2.18. The Morgan fingerprint density at radius 2 is 1.87 bits per heavy atom. The van der Waals surface area contributed by atoms with Crippen LogP contribution in [0.3, 0.4) is 0 Å². The number of fused-ring (bicyclic) bond motifs is 1. The predicted octanol–water partition coefficient (Wildman–Crippen LogP) is 4.60. The second-order valence-corrected chi connectivity index (χ2v) is 6.58. The number of benzene rings is 3. The van der Waals surface area contributed by atoms with Crippen LogP contribution >= 0.6 is 0 Å². The van der Waals surface area contributed by atoms with Gasteiger partial charge >= 0.3 is 0 Å². The first kappa shape index (κ1) is 19.4. The van der Waals surface area contributed by atoms with Gasteiger partial charge in [0.25, 0.3) is 0 Å². The standard InChI is InChI=1S/C24H20O6/c1-27-24-21(28-14-17-5-3-2-4-6-17)12-9-18(23(24)26)19(25)10-7-16-8-11-20-22(13-16)30-15-29-20/h2-13,26H,14-15H2,1H3/b10-7+. The van der Waals surface area contributed by atoms with E-state index in [0.717, 1.165) is 11.1 Å². The van der Waals surface area contributed by atoms with E-state index in [1.54, 1.807) is 24.3 Å². The molecule has 0 atom stereocenters. The molecule has 1 aliphatic rings. The van der Waals surface area contributed by atoms with Crippen molar-refractivity contribution in [1.82, 2.24) is 0 Å². The lowest BCUT2D eigenvalue weighted by atomic mass is 10.1. The van der Waals surface area contributed by atoms with Crippen molar-refractivity contribution in [3.63, 3.8) is 0 Å². The average molecular weight is 404 g/mol. The molecule has 0 aliphatic carbocycles. The van der Waals surface area contributed by atoms with Crippen molar-refractivity contribution in [2.24, 2.45) is 0 Å². The molecule has 0 fully saturated rings. The van der Waals surface area contributed by atoms with Gasteiger partial charge < -0.3 is 24.1 Å². The average Bonchev–Trinajstić information content (AvgIpc) is 3.24. The summed E-state index contributed by atoms with van der Waals surface area (Å²) in [7, 11) is 1.42. The normalized spacial score (nSPS) is 12.2. The van der Waals surface area contributed by atoms with Crippen molar-refractivity contribution in [3.05, 3.63) is 83.4 Å². The molecule has 1 aliphatic heterocycles. The van der Waals surface area contributed by atoms with E-state index in [-0.39, 0.29) is 29.6 Å². The molecule has 1 heterocycles. The smallest absolute Gasteiger partial charge is 0.231 e. The zero-order valence-electron chi connectivity index (χ0n) is 16.3. The summed E-state index contributed by atoms with van der Waals surface area (Å²) in [4.78, 5) is 12.6. The van der Waals surface area contributed by atoms with Gasteiger partial charge in [-0.05, 0) is 41.5 Å². The molecule has 6 nitrogen and oxygen atoms in total. The van der Waals surface area contributed by atoms with Gasteiger partial charge in [0.1, 0.15) is 6.61 Å². The summed E-state index contributed by atoms with van der Waals surface area (Å²) < 4.78 is 21.7. The van der Waals surface area contributed by atoms with Gasteiger partial charge in [-0.1, -0.05) is 42.5 Å². The molecule has 0 amide bonds. The van der Waals surface area contributed by atoms with Crippen molar-refractivity contribution in [2.75, 3.05) is 13.9 Å². The molecule has 0 radical (unpaired) electrons. The van der Waals surface area contributed by atoms with E-state index in [9.17, 15) is 9.90 Å². The highest BCUT2D eigenvalue weighted by Crippen LogP contribution is 2.40. The molecule has 3 aromatic carbocycles. The summed E-state index contributed by atoms with van der Waals surface area (Å²) in [6.45, 7) is 0.502. The molecule has 3 aromatic rings. The number of carbonyl (C=O) groups excluding carboxylic acids is 1. The fourth-order valence-electron chi connectivity index (χ4n) is 3.08. The monoisotopic (exact) mass is 404 g/mol. The van der Waals surface area contributed by atoms with Crippen LogP contribution in [-0.4, -0.2) is 24.8 Å². The van der Waals surface area contributed by atoms with Gasteiger partial charge in [0, 0.05) is 0 Å². The Hall–Kier alpha value is -3.93. The summed E-state index contributed by atoms with van der Waals surface area (Å²) in [6.07, 6.45) is 3.03. The van der Waals surface area contributed by atoms with E-state index in [4.69, 9.17) is 18.9 Å². The molecule has 0 bridgehead atoms. The van der Waals surface area contributed by atoms with E-state index >= 15 is 0 Å². The van der Waals surface area contributed by atoms with E-state index in [0.29, 0.717) is 23.9 Å². The summed E-state index contributed by atoms with van der Waals surface area (Å²) in [5, 5.41) is 10.6. The number of allylic oxidation sites excluding steroid dienone is 1. The second-order valence-electron chi connectivity index (χ2n) is 6.58. The van der Waals surface area contributed by atoms with Gasteiger partial charge in [-0.15, -0.1) is 0 Å². The van der Waals surface area contributed by atoms with Crippen LogP contribution in [0.15, 0.2) is 66.7 Å². The summed E-state index contributed by atoms with van der Waals surface area (Å²) in [6, 6.07) is 18.2. The van der Waals surface area contributed by atoms with Crippen molar-refractivity contribution < 1.29 is 28.8 Å². The largest absolute Gasteiger partial charge is 0.504 e. The molecule has 0 saturated heterocycles. The number of aromatic hydroxyl groups is 1. The number of methoxy groups -OCH3 is 1. The van der Waals surface area contributed by atoms with Crippen LogP contribution in [0.25, 0.3) is 6.08 Å². The molecule has 1 N–H and O–H groups in total. The molecule has 0 unspecified atom stereocenters. The molecular formula is C24H20O6. The molecule has 152 valence electrons. The summed E-state index contributed by atoms with van der Waals surface area (Å²) in [5.41, 5.74) is 1.88. The number of carbonyl (C=O) groups is 1. The van der Waals surface area contributed by atoms with Crippen molar-refractivity contribution >= 4 is 11.9 Å². The Balaban J connectivity index is 1.51. The van der Waals surface area contributed by atoms with Crippen LogP contribution in [0.1, 0.15) is 21.5 Å². The number of phenols is 1. The van der Waals surface area contributed by atoms with Crippen molar-refractivity contribution in [2.45, 2.75) is 6.61 Å². The molecule has 0 spiro atoms. The summed E-state index contributed by atoms with van der Waals surface area (Å²) >= 11 is 0. The van der Waals surface area contributed by atoms with E-state index in [1.165, 1.54) is 19.3 Å². The third-order valence-electron chi connectivity index (χ3n) is 4.63. The second kappa shape index (κ2) is 8.61. The van der Waals surface area contributed by atoms with Gasteiger partial charge in [0.15, 0.2) is 28.8 Å². The fourth-order valence-corrected chi connectivity index (χ4v) is 3.08. The zero-order chi connectivity index (χ0) is 20.9. The maximum absolute atomic E-state index is 12.6. The van der Waals surface area contributed by atoms with Crippen LogP contribution < -0.4 is 18.9 Å². The lowest BCUT2D eigenvalue weighted by Gasteiger charge is -2.13. The van der Waals surface area contributed by atoms with Crippen LogP contribution in [0.4, 0.5) is 0 Å². The third kappa shape index (κ3) is 4.07. The van der Waals surface area contributed by atoms with Gasteiger partial charge in [0.05, 0.1) is 12.7 Å². The maximum atomic E-state index is 12.6. The van der Waals surface area contributed by atoms with Crippen LogP contribution in [0.2, 0.25) is 0 Å².